The highest BCUT2D eigenvalue weighted by Gasteiger charge is 2.42. The Labute approximate surface area is 296 Å². The smallest absolute Gasteiger partial charge is 0.164 e. The number of Topliss-reactive ketones (excluding diaryl/α,β-unsaturated/α-hetero) is 2. The molecule has 0 aliphatic heterocycles. The van der Waals surface area contributed by atoms with Gasteiger partial charge in [-0.25, -0.2) is 0 Å². The standard InChI is InChI=1S/C44H86O3/c1-7-11-13-15-17-19-21-23-25-27-29-31-33-35-37-39-41(45)43(5,9-3)47-44(6,10-4)42(46)40-38-36-34-32-30-28-26-24-22-20-18-16-14-12-8-2/h7-40H2,1-6H3. The first-order valence-corrected chi connectivity index (χ1v) is 21.6. The van der Waals surface area contributed by atoms with Crippen molar-refractivity contribution in [2.24, 2.45) is 0 Å². The van der Waals surface area contributed by atoms with E-state index in [0.717, 1.165) is 25.7 Å². The van der Waals surface area contributed by atoms with Crippen LogP contribution in [0.3, 0.4) is 0 Å². The zero-order valence-electron chi connectivity index (χ0n) is 33.3. The Morgan fingerprint density at radius 3 is 0.723 bits per heavy atom. The summed E-state index contributed by atoms with van der Waals surface area (Å²) in [6.07, 6.45) is 42.1. The fraction of sp³-hybridized carbons (Fsp3) is 0.955. The fourth-order valence-corrected chi connectivity index (χ4v) is 6.99. The number of rotatable bonds is 38. The average molecular weight is 663 g/mol. The lowest BCUT2D eigenvalue weighted by Crippen LogP contribution is -2.49. The molecule has 3 nitrogen and oxygen atoms in total. The van der Waals surface area contributed by atoms with Gasteiger partial charge in [-0.3, -0.25) is 9.59 Å². The Morgan fingerprint density at radius 2 is 0.532 bits per heavy atom. The van der Waals surface area contributed by atoms with Crippen LogP contribution in [0.4, 0.5) is 0 Å². The van der Waals surface area contributed by atoms with Gasteiger partial charge in [0.05, 0.1) is 0 Å². The molecule has 3 heteroatoms. The van der Waals surface area contributed by atoms with Gasteiger partial charge >= 0.3 is 0 Å². The molecule has 0 rings (SSSR count). The summed E-state index contributed by atoms with van der Waals surface area (Å²) in [7, 11) is 0. The second-order valence-electron chi connectivity index (χ2n) is 15.5. The molecule has 0 aromatic rings. The van der Waals surface area contributed by atoms with Crippen LogP contribution >= 0.6 is 0 Å². The first-order valence-electron chi connectivity index (χ1n) is 21.6. The van der Waals surface area contributed by atoms with E-state index in [1.807, 2.05) is 27.7 Å². The summed E-state index contributed by atoms with van der Waals surface area (Å²) in [6.45, 7) is 12.5. The monoisotopic (exact) mass is 663 g/mol. The van der Waals surface area contributed by atoms with Crippen molar-refractivity contribution in [2.75, 3.05) is 0 Å². The highest BCUT2D eigenvalue weighted by atomic mass is 16.5. The SMILES string of the molecule is CCCCCCCCCCCCCCCCCC(=O)C(C)(CC)OC(C)(CC)C(=O)CCCCCCCCCCCCCCCCC. The van der Waals surface area contributed by atoms with Crippen molar-refractivity contribution in [1.29, 1.82) is 0 Å². The second kappa shape index (κ2) is 32.5. The molecule has 0 bridgehead atoms. The lowest BCUT2D eigenvalue weighted by Gasteiger charge is -2.38. The van der Waals surface area contributed by atoms with Gasteiger partial charge in [0, 0.05) is 12.8 Å². The molecule has 280 valence electrons. The second-order valence-corrected chi connectivity index (χ2v) is 15.5. The van der Waals surface area contributed by atoms with Crippen molar-refractivity contribution in [1.82, 2.24) is 0 Å². The topological polar surface area (TPSA) is 43.4 Å². The summed E-state index contributed by atoms with van der Waals surface area (Å²) < 4.78 is 6.50. The molecule has 0 aliphatic carbocycles. The van der Waals surface area contributed by atoms with Crippen LogP contribution in [0, 0.1) is 0 Å². The van der Waals surface area contributed by atoms with Gasteiger partial charge in [0.25, 0.3) is 0 Å². The summed E-state index contributed by atoms with van der Waals surface area (Å²) >= 11 is 0. The van der Waals surface area contributed by atoms with Crippen LogP contribution < -0.4 is 0 Å². The summed E-state index contributed by atoms with van der Waals surface area (Å²) in [5.41, 5.74) is -1.74. The zero-order chi connectivity index (χ0) is 34.9. The van der Waals surface area contributed by atoms with Gasteiger partial charge in [-0.15, -0.1) is 0 Å². The highest BCUT2D eigenvalue weighted by molar-refractivity contribution is 5.90. The minimum Gasteiger partial charge on any atom is -0.354 e. The van der Waals surface area contributed by atoms with Crippen LogP contribution in [-0.4, -0.2) is 22.8 Å². The first-order chi connectivity index (χ1) is 22.8. The van der Waals surface area contributed by atoms with Crippen molar-refractivity contribution >= 4 is 11.6 Å². The van der Waals surface area contributed by atoms with E-state index in [0.29, 0.717) is 25.7 Å². The van der Waals surface area contributed by atoms with E-state index >= 15 is 0 Å². The summed E-state index contributed by atoms with van der Waals surface area (Å²) in [5, 5.41) is 0. The maximum atomic E-state index is 13.3. The maximum Gasteiger partial charge on any atom is 0.164 e. The molecule has 2 atom stereocenters. The van der Waals surface area contributed by atoms with Crippen molar-refractivity contribution in [3.8, 4) is 0 Å². The fourth-order valence-electron chi connectivity index (χ4n) is 6.99. The Kier molecular flexibility index (Phi) is 32.0. The molecule has 0 heterocycles. The van der Waals surface area contributed by atoms with Gasteiger partial charge < -0.3 is 4.74 Å². The number of ether oxygens (including phenoxy) is 1. The number of hydrogen-bond acceptors (Lipinski definition) is 3. The zero-order valence-corrected chi connectivity index (χ0v) is 33.3. The van der Waals surface area contributed by atoms with E-state index in [-0.39, 0.29) is 11.6 Å². The van der Waals surface area contributed by atoms with Crippen LogP contribution in [0.25, 0.3) is 0 Å². The Morgan fingerprint density at radius 1 is 0.340 bits per heavy atom. The molecule has 0 saturated carbocycles. The van der Waals surface area contributed by atoms with Gasteiger partial charge in [-0.1, -0.05) is 207 Å². The molecular formula is C44H86O3. The highest BCUT2D eigenvalue weighted by Crippen LogP contribution is 2.31. The summed E-state index contributed by atoms with van der Waals surface area (Å²) in [6, 6.07) is 0. The van der Waals surface area contributed by atoms with Crippen molar-refractivity contribution < 1.29 is 14.3 Å². The van der Waals surface area contributed by atoms with E-state index in [9.17, 15) is 9.59 Å². The minimum absolute atomic E-state index is 0.175. The van der Waals surface area contributed by atoms with Gasteiger partial charge in [0.15, 0.2) is 11.6 Å². The summed E-state index contributed by atoms with van der Waals surface area (Å²) in [4.78, 5) is 26.6. The van der Waals surface area contributed by atoms with E-state index < -0.39 is 11.2 Å². The quantitative estimate of drug-likeness (QED) is 0.0618. The summed E-state index contributed by atoms with van der Waals surface area (Å²) in [5.74, 6) is 0.350. The van der Waals surface area contributed by atoms with E-state index in [4.69, 9.17) is 4.74 Å². The molecule has 0 aromatic heterocycles. The van der Waals surface area contributed by atoms with Gasteiger partial charge in [0.1, 0.15) is 11.2 Å². The van der Waals surface area contributed by atoms with Crippen LogP contribution in [0.5, 0.6) is 0 Å². The molecule has 2 unspecified atom stereocenters. The third kappa shape index (κ3) is 25.9. The van der Waals surface area contributed by atoms with Crippen molar-refractivity contribution in [2.45, 2.75) is 271 Å². The van der Waals surface area contributed by atoms with Crippen molar-refractivity contribution in [3.05, 3.63) is 0 Å². The van der Waals surface area contributed by atoms with Crippen LogP contribution in [0.2, 0.25) is 0 Å². The number of hydrogen-bond donors (Lipinski definition) is 0. The lowest BCUT2D eigenvalue weighted by molar-refractivity contribution is -0.177. The number of carbonyl (C=O) groups is 2. The molecule has 0 saturated heterocycles. The molecule has 0 aliphatic rings. The number of unbranched alkanes of at least 4 members (excludes halogenated alkanes) is 28. The molecular weight excluding hydrogens is 576 g/mol. The van der Waals surface area contributed by atoms with Gasteiger partial charge in [0.2, 0.25) is 0 Å². The molecule has 0 radical (unpaired) electrons. The Bertz CT molecular complexity index is 644. The third-order valence-electron chi connectivity index (χ3n) is 11.0. The largest absolute Gasteiger partial charge is 0.354 e. The Balaban J connectivity index is 4.03. The molecule has 0 N–H and O–H groups in total. The maximum absolute atomic E-state index is 13.3. The normalized spacial score (nSPS) is 14.3. The molecule has 0 spiro atoms. The predicted octanol–water partition coefficient (Wildman–Crippen LogP) is 15.0. The molecule has 47 heavy (non-hydrogen) atoms. The number of ketones is 2. The first kappa shape index (κ1) is 46.3. The van der Waals surface area contributed by atoms with Crippen LogP contribution in [0.15, 0.2) is 0 Å². The van der Waals surface area contributed by atoms with Gasteiger partial charge in [-0.05, 0) is 39.5 Å². The van der Waals surface area contributed by atoms with E-state index in [1.165, 1.54) is 167 Å². The molecule has 0 amide bonds. The lowest BCUT2D eigenvalue weighted by atomic mass is 9.88. The van der Waals surface area contributed by atoms with Crippen LogP contribution in [-0.2, 0) is 14.3 Å². The third-order valence-corrected chi connectivity index (χ3v) is 11.0. The van der Waals surface area contributed by atoms with E-state index in [2.05, 4.69) is 13.8 Å². The Hall–Kier alpha value is -0.700. The van der Waals surface area contributed by atoms with E-state index in [1.54, 1.807) is 0 Å². The average Bonchev–Trinajstić information content (AvgIpc) is 3.07. The predicted molar refractivity (Wildman–Crippen MR) is 208 cm³/mol. The molecule has 0 fully saturated rings. The van der Waals surface area contributed by atoms with Crippen molar-refractivity contribution in [3.63, 3.8) is 0 Å². The van der Waals surface area contributed by atoms with Crippen LogP contribution in [0.1, 0.15) is 260 Å². The minimum atomic E-state index is -0.870. The molecule has 0 aromatic carbocycles. The number of carbonyl (C=O) groups excluding carboxylic acids is 2. The van der Waals surface area contributed by atoms with Gasteiger partial charge in [-0.2, -0.15) is 0 Å².